The zero-order chi connectivity index (χ0) is 12.1. The Labute approximate surface area is 92.1 Å². The first-order valence-electron chi connectivity index (χ1n) is 4.71. The molecule has 1 aromatic rings. The summed E-state index contributed by atoms with van der Waals surface area (Å²) in [7, 11) is 0. The first kappa shape index (κ1) is 12.2. The van der Waals surface area contributed by atoms with Crippen molar-refractivity contribution in [2.24, 2.45) is 0 Å². The molecule has 0 aliphatic heterocycles. The Kier molecular flexibility index (Phi) is 3.99. The largest absolute Gasteiger partial charge is 0.480 e. The minimum absolute atomic E-state index is 0.226. The van der Waals surface area contributed by atoms with Crippen molar-refractivity contribution >= 4 is 11.9 Å². The maximum absolute atomic E-state index is 13.8. The maximum Gasteiger partial charge on any atom is 0.329 e. The molecule has 1 amide bonds. The molecule has 2 N–H and O–H groups in total. The molecular weight excluding hydrogens is 213 g/mol. The van der Waals surface area contributed by atoms with E-state index < -0.39 is 24.1 Å². The van der Waals surface area contributed by atoms with Crippen LogP contribution >= 0.6 is 0 Å². The molecule has 0 radical (unpaired) electrons. The SMILES string of the molecule is CC(=O)N[C@H](C(=O)O)C(F)c1ccccc1. The summed E-state index contributed by atoms with van der Waals surface area (Å²) in [4.78, 5) is 21.5. The first-order chi connectivity index (χ1) is 7.52. The molecule has 2 atom stereocenters. The van der Waals surface area contributed by atoms with E-state index >= 15 is 0 Å². The number of rotatable bonds is 4. The topological polar surface area (TPSA) is 66.4 Å². The van der Waals surface area contributed by atoms with E-state index in [1.807, 2.05) is 0 Å². The molecule has 0 aliphatic rings. The van der Waals surface area contributed by atoms with Crippen LogP contribution in [0.25, 0.3) is 0 Å². The molecule has 0 aromatic heterocycles. The van der Waals surface area contributed by atoms with Gasteiger partial charge in [-0.3, -0.25) is 4.79 Å². The molecule has 1 aromatic carbocycles. The van der Waals surface area contributed by atoms with Crippen molar-refractivity contribution in [3.05, 3.63) is 35.9 Å². The number of alkyl halides is 1. The van der Waals surface area contributed by atoms with Gasteiger partial charge in [0.1, 0.15) is 0 Å². The van der Waals surface area contributed by atoms with E-state index in [0.29, 0.717) is 0 Å². The summed E-state index contributed by atoms with van der Waals surface area (Å²) in [6, 6.07) is 6.30. The van der Waals surface area contributed by atoms with Crippen molar-refractivity contribution in [3.8, 4) is 0 Å². The number of benzene rings is 1. The lowest BCUT2D eigenvalue weighted by Crippen LogP contribution is -2.42. The van der Waals surface area contributed by atoms with Crippen molar-refractivity contribution in [1.29, 1.82) is 0 Å². The molecule has 86 valence electrons. The highest BCUT2D eigenvalue weighted by atomic mass is 19.1. The van der Waals surface area contributed by atoms with E-state index in [0.717, 1.165) is 6.92 Å². The number of aliphatic carboxylic acids is 1. The van der Waals surface area contributed by atoms with Crippen LogP contribution in [0.4, 0.5) is 4.39 Å². The summed E-state index contributed by atoms with van der Waals surface area (Å²) in [5.74, 6) is -1.97. The molecular formula is C11H12FNO3. The van der Waals surface area contributed by atoms with Gasteiger partial charge in [0.05, 0.1) is 0 Å². The average Bonchev–Trinajstić information content (AvgIpc) is 2.25. The molecule has 1 unspecified atom stereocenters. The normalized spacial score (nSPS) is 13.9. The quantitative estimate of drug-likeness (QED) is 0.811. The third-order valence-corrected chi connectivity index (χ3v) is 2.04. The van der Waals surface area contributed by atoms with Crippen molar-refractivity contribution in [2.75, 3.05) is 0 Å². The lowest BCUT2D eigenvalue weighted by Gasteiger charge is -2.17. The number of hydrogen-bond donors (Lipinski definition) is 2. The van der Waals surface area contributed by atoms with E-state index in [1.165, 1.54) is 12.1 Å². The predicted molar refractivity (Wildman–Crippen MR) is 55.5 cm³/mol. The van der Waals surface area contributed by atoms with Gasteiger partial charge in [-0.05, 0) is 5.56 Å². The molecule has 0 spiro atoms. The Balaban J connectivity index is 2.87. The van der Waals surface area contributed by atoms with Crippen LogP contribution in [0.15, 0.2) is 30.3 Å². The van der Waals surface area contributed by atoms with Crippen LogP contribution in [0.1, 0.15) is 18.7 Å². The monoisotopic (exact) mass is 225 g/mol. The van der Waals surface area contributed by atoms with Crippen LogP contribution in [-0.4, -0.2) is 23.0 Å². The second-order valence-electron chi connectivity index (χ2n) is 3.33. The highest BCUT2D eigenvalue weighted by Gasteiger charge is 2.29. The summed E-state index contributed by atoms with van der Waals surface area (Å²) >= 11 is 0. The van der Waals surface area contributed by atoms with Crippen LogP contribution in [0.2, 0.25) is 0 Å². The lowest BCUT2D eigenvalue weighted by atomic mass is 10.0. The van der Waals surface area contributed by atoms with Crippen LogP contribution in [0.5, 0.6) is 0 Å². The van der Waals surface area contributed by atoms with E-state index in [2.05, 4.69) is 5.32 Å². The number of hydrogen-bond acceptors (Lipinski definition) is 2. The van der Waals surface area contributed by atoms with Crippen molar-refractivity contribution in [3.63, 3.8) is 0 Å². The lowest BCUT2D eigenvalue weighted by molar-refractivity contribution is -0.143. The Bertz CT molecular complexity index is 380. The number of halogens is 1. The maximum atomic E-state index is 13.8. The van der Waals surface area contributed by atoms with Crippen molar-refractivity contribution in [2.45, 2.75) is 19.1 Å². The predicted octanol–water partition coefficient (Wildman–Crippen LogP) is 1.29. The molecule has 1 rings (SSSR count). The third-order valence-electron chi connectivity index (χ3n) is 2.04. The Hall–Kier alpha value is -1.91. The number of carbonyl (C=O) groups excluding carboxylic acids is 1. The molecule has 0 aliphatic carbocycles. The van der Waals surface area contributed by atoms with Gasteiger partial charge in [-0.2, -0.15) is 0 Å². The van der Waals surface area contributed by atoms with Gasteiger partial charge >= 0.3 is 5.97 Å². The van der Waals surface area contributed by atoms with E-state index in [-0.39, 0.29) is 5.56 Å². The zero-order valence-electron chi connectivity index (χ0n) is 8.68. The minimum Gasteiger partial charge on any atom is -0.480 e. The summed E-state index contributed by atoms with van der Waals surface area (Å²) in [5.41, 5.74) is 0.226. The average molecular weight is 225 g/mol. The van der Waals surface area contributed by atoms with Gasteiger partial charge < -0.3 is 10.4 Å². The van der Waals surface area contributed by atoms with Crippen LogP contribution in [-0.2, 0) is 9.59 Å². The Morgan fingerprint density at radius 3 is 2.31 bits per heavy atom. The zero-order valence-corrected chi connectivity index (χ0v) is 8.68. The van der Waals surface area contributed by atoms with E-state index in [9.17, 15) is 14.0 Å². The van der Waals surface area contributed by atoms with E-state index in [4.69, 9.17) is 5.11 Å². The van der Waals surface area contributed by atoms with Crippen molar-refractivity contribution < 1.29 is 19.1 Å². The second-order valence-corrected chi connectivity index (χ2v) is 3.33. The van der Waals surface area contributed by atoms with Crippen LogP contribution in [0, 0.1) is 0 Å². The fraction of sp³-hybridized carbons (Fsp3) is 0.273. The summed E-state index contributed by atoms with van der Waals surface area (Å²) < 4.78 is 13.8. The van der Waals surface area contributed by atoms with Crippen molar-refractivity contribution in [1.82, 2.24) is 5.32 Å². The number of amides is 1. The molecule has 0 heterocycles. The molecule has 4 nitrogen and oxygen atoms in total. The molecule has 16 heavy (non-hydrogen) atoms. The molecule has 0 saturated heterocycles. The van der Waals surface area contributed by atoms with Gasteiger partial charge in [-0.1, -0.05) is 30.3 Å². The smallest absolute Gasteiger partial charge is 0.329 e. The van der Waals surface area contributed by atoms with Crippen LogP contribution in [0.3, 0.4) is 0 Å². The van der Waals surface area contributed by atoms with Gasteiger partial charge in [-0.25, -0.2) is 9.18 Å². The third kappa shape index (κ3) is 3.05. The summed E-state index contributed by atoms with van der Waals surface area (Å²) in [5, 5.41) is 10.9. The summed E-state index contributed by atoms with van der Waals surface area (Å²) in [6.45, 7) is 1.15. The van der Waals surface area contributed by atoms with Gasteiger partial charge in [0.15, 0.2) is 12.2 Å². The molecule has 0 fully saturated rings. The Morgan fingerprint density at radius 2 is 1.88 bits per heavy atom. The van der Waals surface area contributed by atoms with Gasteiger partial charge in [-0.15, -0.1) is 0 Å². The highest BCUT2D eigenvalue weighted by molar-refractivity contribution is 5.82. The molecule has 0 saturated carbocycles. The molecule has 5 heteroatoms. The summed E-state index contributed by atoms with van der Waals surface area (Å²) in [6.07, 6.45) is -1.76. The fourth-order valence-corrected chi connectivity index (χ4v) is 1.31. The number of carboxylic acids is 1. The van der Waals surface area contributed by atoms with Gasteiger partial charge in [0.2, 0.25) is 5.91 Å². The fourth-order valence-electron chi connectivity index (χ4n) is 1.31. The minimum atomic E-state index is -1.76. The van der Waals surface area contributed by atoms with Gasteiger partial charge in [0.25, 0.3) is 0 Å². The van der Waals surface area contributed by atoms with Crippen LogP contribution < -0.4 is 5.32 Å². The van der Waals surface area contributed by atoms with E-state index in [1.54, 1.807) is 18.2 Å². The number of carbonyl (C=O) groups is 2. The second kappa shape index (κ2) is 5.25. The first-order valence-corrected chi connectivity index (χ1v) is 4.71. The van der Waals surface area contributed by atoms with Gasteiger partial charge in [0, 0.05) is 6.92 Å². The number of carboxylic acid groups (broad SMARTS) is 1. The molecule has 0 bridgehead atoms. The Morgan fingerprint density at radius 1 is 1.31 bits per heavy atom. The number of nitrogens with one attached hydrogen (secondary N) is 1. The highest BCUT2D eigenvalue weighted by Crippen LogP contribution is 2.21. The standard InChI is InChI=1S/C11H12FNO3/c1-7(14)13-10(11(15)16)9(12)8-5-3-2-4-6-8/h2-6,9-10H,1H3,(H,13,14)(H,15,16)/t9?,10-/m0/s1.